The Labute approximate surface area is 214 Å². The van der Waals surface area contributed by atoms with Crippen molar-refractivity contribution in [3.8, 4) is 5.88 Å². The monoisotopic (exact) mass is 501 g/mol. The lowest BCUT2D eigenvalue weighted by molar-refractivity contribution is -0.127. The van der Waals surface area contributed by atoms with Crippen molar-refractivity contribution >= 4 is 11.9 Å². The van der Waals surface area contributed by atoms with Crippen molar-refractivity contribution in [2.75, 3.05) is 19.6 Å². The first-order valence-electron chi connectivity index (χ1n) is 12.9. The highest BCUT2D eigenvalue weighted by atomic mass is 16.3. The largest absolute Gasteiger partial charge is 0.493 e. The van der Waals surface area contributed by atoms with E-state index in [9.17, 15) is 19.5 Å². The van der Waals surface area contributed by atoms with Gasteiger partial charge in [0.25, 0.3) is 0 Å². The zero-order valence-electron chi connectivity index (χ0n) is 20.8. The highest BCUT2D eigenvalue weighted by Crippen LogP contribution is 2.52. The second kappa shape index (κ2) is 9.14. The SMILES string of the molecule is CC(=O)N1CC(NC(=O)N2CCn3c(c(O)n([C@H]4C[C@@H]4c4ccccc4)c3=O)C2)C(c2ccccc2)C1. The number of likely N-dealkylation sites (tertiary alicyclic amines) is 1. The molecule has 2 unspecified atom stereocenters. The summed E-state index contributed by atoms with van der Waals surface area (Å²) in [5.74, 6) is 0.142. The number of imidazole rings is 1. The average molecular weight is 502 g/mol. The second-order valence-electron chi connectivity index (χ2n) is 10.3. The van der Waals surface area contributed by atoms with Crippen LogP contribution in [0.3, 0.4) is 0 Å². The number of hydrogen-bond donors (Lipinski definition) is 2. The van der Waals surface area contributed by atoms with Gasteiger partial charge < -0.3 is 20.2 Å². The van der Waals surface area contributed by atoms with Crippen molar-refractivity contribution < 1.29 is 14.7 Å². The molecule has 1 aromatic heterocycles. The number of urea groups is 1. The molecule has 1 saturated heterocycles. The number of aromatic hydroxyl groups is 1. The van der Waals surface area contributed by atoms with Gasteiger partial charge in [0.2, 0.25) is 11.8 Å². The fourth-order valence-corrected chi connectivity index (χ4v) is 5.96. The van der Waals surface area contributed by atoms with Crippen LogP contribution in [0, 0.1) is 0 Å². The summed E-state index contributed by atoms with van der Waals surface area (Å²) >= 11 is 0. The number of aromatic nitrogens is 2. The Morgan fingerprint density at radius 2 is 1.54 bits per heavy atom. The summed E-state index contributed by atoms with van der Waals surface area (Å²) in [4.78, 5) is 42.0. The molecule has 3 aliphatic rings. The maximum absolute atomic E-state index is 13.3. The minimum absolute atomic E-state index is 0.00343. The van der Waals surface area contributed by atoms with Gasteiger partial charge in [-0.15, -0.1) is 0 Å². The number of carbonyl (C=O) groups is 2. The number of hydrogen-bond acceptors (Lipinski definition) is 4. The molecule has 2 N–H and O–H groups in total. The molecule has 0 radical (unpaired) electrons. The fraction of sp³-hybridized carbons (Fsp3) is 0.393. The molecule has 3 heterocycles. The lowest BCUT2D eigenvalue weighted by Crippen LogP contribution is -2.50. The molecule has 6 rings (SSSR count). The summed E-state index contributed by atoms with van der Waals surface area (Å²) in [6.07, 6.45) is 0.806. The quantitative estimate of drug-likeness (QED) is 0.574. The third-order valence-corrected chi connectivity index (χ3v) is 8.09. The maximum Gasteiger partial charge on any atom is 0.331 e. The van der Waals surface area contributed by atoms with E-state index in [1.54, 1.807) is 21.3 Å². The van der Waals surface area contributed by atoms with Crippen molar-refractivity contribution in [2.24, 2.45) is 0 Å². The van der Waals surface area contributed by atoms with Crippen LogP contribution >= 0.6 is 0 Å². The Morgan fingerprint density at radius 3 is 2.19 bits per heavy atom. The number of rotatable bonds is 4. The molecule has 9 heteroatoms. The van der Waals surface area contributed by atoms with Gasteiger partial charge in [-0.3, -0.25) is 13.9 Å². The molecule has 0 bridgehead atoms. The topological polar surface area (TPSA) is 99.8 Å². The summed E-state index contributed by atoms with van der Waals surface area (Å²) in [6.45, 7) is 3.40. The highest BCUT2D eigenvalue weighted by molar-refractivity contribution is 5.76. The molecule has 0 spiro atoms. The average Bonchev–Trinajstić information content (AvgIpc) is 3.51. The Kier molecular flexibility index (Phi) is 5.78. The smallest absolute Gasteiger partial charge is 0.331 e. The zero-order chi connectivity index (χ0) is 25.7. The summed E-state index contributed by atoms with van der Waals surface area (Å²) in [5, 5.41) is 14.2. The van der Waals surface area contributed by atoms with Gasteiger partial charge in [-0.25, -0.2) is 9.59 Å². The molecule has 3 amide bonds. The van der Waals surface area contributed by atoms with Crippen LogP contribution < -0.4 is 11.0 Å². The second-order valence-corrected chi connectivity index (χ2v) is 10.3. The van der Waals surface area contributed by atoms with Gasteiger partial charge in [-0.05, 0) is 17.5 Å². The predicted octanol–water partition coefficient (Wildman–Crippen LogP) is 2.62. The van der Waals surface area contributed by atoms with Crippen molar-refractivity contribution in [1.82, 2.24) is 24.3 Å². The van der Waals surface area contributed by atoms with E-state index in [1.165, 1.54) is 4.57 Å². The van der Waals surface area contributed by atoms with Crippen molar-refractivity contribution in [1.29, 1.82) is 0 Å². The summed E-state index contributed by atoms with van der Waals surface area (Å²) in [6, 6.07) is 19.4. The third-order valence-electron chi connectivity index (χ3n) is 8.09. The van der Waals surface area contributed by atoms with Crippen LogP contribution in [0.5, 0.6) is 5.88 Å². The van der Waals surface area contributed by atoms with E-state index in [0.29, 0.717) is 31.9 Å². The van der Waals surface area contributed by atoms with Crippen LogP contribution in [0.25, 0.3) is 0 Å². The summed E-state index contributed by atoms with van der Waals surface area (Å²) in [5.41, 5.74) is 2.50. The molecule has 1 aliphatic carbocycles. The first-order chi connectivity index (χ1) is 17.9. The molecule has 4 atom stereocenters. The number of fused-ring (bicyclic) bond motifs is 1. The van der Waals surface area contributed by atoms with Gasteiger partial charge in [0.05, 0.1) is 12.6 Å². The van der Waals surface area contributed by atoms with E-state index in [0.717, 1.165) is 17.5 Å². The normalized spacial score (nSPS) is 24.6. The summed E-state index contributed by atoms with van der Waals surface area (Å²) < 4.78 is 3.10. The molecule has 37 heavy (non-hydrogen) atoms. The molecule has 2 aliphatic heterocycles. The van der Waals surface area contributed by atoms with Crippen molar-refractivity contribution in [3.05, 3.63) is 88.0 Å². The van der Waals surface area contributed by atoms with Crippen molar-refractivity contribution in [3.63, 3.8) is 0 Å². The lowest BCUT2D eigenvalue weighted by Gasteiger charge is -2.30. The lowest BCUT2D eigenvalue weighted by atomic mass is 9.94. The Hall–Kier alpha value is -4.01. The maximum atomic E-state index is 13.3. The molecule has 2 fully saturated rings. The van der Waals surface area contributed by atoms with Crippen LogP contribution in [0.2, 0.25) is 0 Å². The standard InChI is InChI=1S/C28H31N5O4/c1-18(34)31-15-22(20-10-6-3-7-11-20)23(16-31)29-27(36)30-12-13-32-25(17-30)26(35)33(28(32)37)24-14-21(24)19-8-4-2-5-9-19/h2-11,21-24,35H,12-17H2,1H3,(H,29,36)/t21-,22?,23?,24+/m1/s1. The van der Waals surface area contributed by atoms with E-state index < -0.39 is 0 Å². The number of nitrogens with one attached hydrogen (secondary N) is 1. The van der Waals surface area contributed by atoms with Gasteiger partial charge >= 0.3 is 11.7 Å². The van der Waals surface area contributed by atoms with E-state index in [-0.39, 0.29) is 54.0 Å². The number of benzene rings is 2. The number of amides is 3. The van der Waals surface area contributed by atoms with Crippen LogP contribution in [0.15, 0.2) is 65.5 Å². The first-order valence-corrected chi connectivity index (χ1v) is 12.9. The summed E-state index contributed by atoms with van der Waals surface area (Å²) in [7, 11) is 0. The molecule has 9 nitrogen and oxygen atoms in total. The van der Waals surface area contributed by atoms with Gasteiger partial charge in [0.1, 0.15) is 5.69 Å². The van der Waals surface area contributed by atoms with Gasteiger partial charge in [-0.1, -0.05) is 60.7 Å². The molecule has 1 saturated carbocycles. The van der Waals surface area contributed by atoms with Crippen LogP contribution in [0.4, 0.5) is 4.79 Å². The van der Waals surface area contributed by atoms with Crippen LogP contribution in [0.1, 0.15) is 48.0 Å². The Morgan fingerprint density at radius 1 is 0.892 bits per heavy atom. The van der Waals surface area contributed by atoms with E-state index in [1.807, 2.05) is 60.7 Å². The fourth-order valence-electron chi connectivity index (χ4n) is 5.96. The molecular formula is C28H31N5O4. The van der Waals surface area contributed by atoms with Crippen molar-refractivity contribution in [2.45, 2.75) is 50.4 Å². The van der Waals surface area contributed by atoms with E-state index >= 15 is 0 Å². The van der Waals surface area contributed by atoms with Crippen LogP contribution in [-0.2, 0) is 17.9 Å². The predicted molar refractivity (Wildman–Crippen MR) is 137 cm³/mol. The van der Waals surface area contributed by atoms with E-state index in [4.69, 9.17) is 0 Å². The minimum Gasteiger partial charge on any atom is -0.493 e. The van der Waals surface area contributed by atoms with Gasteiger partial charge in [0, 0.05) is 51.0 Å². The number of nitrogens with zero attached hydrogens (tertiary/aromatic N) is 4. The molecule has 3 aromatic rings. The van der Waals surface area contributed by atoms with E-state index in [2.05, 4.69) is 5.32 Å². The zero-order valence-corrected chi connectivity index (χ0v) is 20.8. The Balaban J connectivity index is 1.18. The first kappa shape index (κ1) is 23.4. The third kappa shape index (κ3) is 4.18. The molecule has 192 valence electrons. The van der Waals surface area contributed by atoms with Crippen LogP contribution in [-0.4, -0.2) is 61.7 Å². The molecular weight excluding hydrogens is 470 g/mol. The van der Waals surface area contributed by atoms with Gasteiger partial charge in [-0.2, -0.15) is 0 Å². The molecule has 2 aromatic carbocycles. The highest BCUT2D eigenvalue weighted by Gasteiger charge is 2.44. The minimum atomic E-state index is -0.254. The van der Waals surface area contributed by atoms with Gasteiger partial charge in [0.15, 0.2) is 0 Å². The Bertz CT molecular complexity index is 1380. The number of carbonyl (C=O) groups excluding carboxylic acids is 2.